The van der Waals surface area contributed by atoms with Crippen molar-refractivity contribution in [2.24, 2.45) is 16.3 Å². The molecule has 0 aliphatic carbocycles. The largest absolute Gasteiger partial charge is 0.466 e. The topological polar surface area (TPSA) is 53.9 Å². The van der Waals surface area contributed by atoms with Crippen LogP contribution in [0.1, 0.15) is 66.7 Å². The van der Waals surface area contributed by atoms with E-state index in [1.54, 1.807) is 0 Å². The van der Waals surface area contributed by atoms with Crippen LogP contribution in [0.15, 0.2) is 4.99 Å². The SMILES string of the molecule is CCNC(=NCCCCC(C)(C)C)N1CCC(C(=O)OCC)CC1.I. The molecule has 1 aliphatic rings. The summed E-state index contributed by atoms with van der Waals surface area (Å²) in [6.45, 7) is 14.8. The average molecular weight is 467 g/mol. The van der Waals surface area contributed by atoms with Gasteiger partial charge in [0, 0.05) is 26.2 Å². The standard InChI is InChI=1S/C19H37N3O2.HI/c1-6-20-18(21-13-9-8-12-19(3,4)5)22-14-10-16(11-15-22)17(23)24-7-2;/h16H,6-15H2,1-5H3,(H,20,21);1H. The van der Waals surface area contributed by atoms with E-state index in [0.29, 0.717) is 12.0 Å². The molecule has 6 heteroatoms. The fourth-order valence-electron chi connectivity index (χ4n) is 2.97. The van der Waals surface area contributed by atoms with Gasteiger partial charge in [-0.25, -0.2) is 0 Å². The minimum absolute atomic E-state index is 0. The molecule has 1 N–H and O–H groups in total. The maximum atomic E-state index is 11.8. The molecule has 148 valence electrons. The summed E-state index contributed by atoms with van der Waals surface area (Å²) in [5.74, 6) is 1.01. The molecule has 0 aromatic rings. The number of carbonyl (C=O) groups is 1. The molecule has 0 aromatic carbocycles. The quantitative estimate of drug-likeness (QED) is 0.202. The normalized spacial score (nSPS) is 16.4. The Morgan fingerprint density at radius 2 is 1.84 bits per heavy atom. The van der Waals surface area contributed by atoms with Crippen molar-refractivity contribution < 1.29 is 9.53 Å². The van der Waals surface area contributed by atoms with Gasteiger partial charge in [-0.1, -0.05) is 27.2 Å². The van der Waals surface area contributed by atoms with Gasteiger partial charge in [0.2, 0.25) is 0 Å². The zero-order valence-electron chi connectivity index (χ0n) is 16.8. The molecule has 0 aromatic heterocycles. The molecule has 0 spiro atoms. The van der Waals surface area contributed by atoms with Crippen molar-refractivity contribution in [3.8, 4) is 0 Å². The Hall–Kier alpha value is -0.530. The predicted octanol–water partition coefficient (Wildman–Crippen LogP) is 4.06. The number of piperidine rings is 1. The lowest BCUT2D eigenvalue weighted by Gasteiger charge is -2.33. The number of hydrogen-bond acceptors (Lipinski definition) is 3. The van der Waals surface area contributed by atoms with Crippen LogP contribution in [0.5, 0.6) is 0 Å². The summed E-state index contributed by atoms with van der Waals surface area (Å²) in [7, 11) is 0. The molecule has 1 fully saturated rings. The van der Waals surface area contributed by atoms with Crippen molar-refractivity contribution >= 4 is 35.9 Å². The van der Waals surface area contributed by atoms with Crippen molar-refractivity contribution in [1.29, 1.82) is 0 Å². The van der Waals surface area contributed by atoms with Crippen molar-refractivity contribution in [3.63, 3.8) is 0 Å². The van der Waals surface area contributed by atoms with Crippen LogP contribution in [0.4, 0.5) is 0 Å². The molecule has 1 rings (SSSR count). The van der Waals surface area contributed by atoms with Gasteiger partial charge in [0.15, 0.2) is 5.96 Å². The second kappa shape index (κ2) is 12.8. The number of hydrogen-bond donors (Lipinski definition) is 1. The zero-order chi connectivity index (χ0) is 18.0. The number of likely N-dealkylation sites (tertiary alicyclic amines) is 1. The lowest BCUT2D eigenvalue weighted by Crippen LogP contribution is -2.46. The summed E-state index contributed by atoms with van der Waals surface area (Å²) in [5, 5.41) is 3.39. The Bertz CT molecular complexity index is 400. The van der Waals surface area contributed by atoms with Gasteiger partial charge in [0.05, 0.1) is 12.5 Å². The third-order valence-corrected chi connectivity index (χ3v) is 4.35. The second-order valence-corrected chi connectivity index (χ2v) is 7.77. The second-order valence-electron chi connectivity index (χ2n) is 7.77. The van der Waals surface area contributed by atoms with E-state index in [4.69, 9.17) is 9.73 Å². The number of esters is 1. The molecule has 1 aliphatic heterocycles. The molecule has 0 amide bonds. The van der Waals surface area contributed by atoms with Crippen molar-refractivity contribution in [3.05, 3.63) is 0 Å². The van der Waals surface area contributed by atoms with Gasteiger partial charge in [-0.2, -0.15) is 0 Å². The van der Waals surface area contributed by atoms with Crippen LogP contribution >= 0.6 is 24.0 Å². The Kier molecular flexibility index (Phi) is 12.5. The van der Waals surface area contributed by atoms with Crippen LogP contribution in [0.2, 0.25) is 0 Å². The first-order chi connectivity index (χ1) is 11.4. The van der Waals surface area contributed by atoms with E-state index in [2.05, 4.69) is 37.9 Å². The summed E-state index contributed by atoms with van der Waals surface area (Å²) in [5.41, 5.74) is 0.406. The molecule has 5 nitrogen and oxygen atoms in total. The first kappa shape index (κ1) is 24.5. The number of carbonyl (C=O) groups excluding carboxylic acids is 1. The summed E-state index contributed by atoms with van der Waals surface area (Å²) >= 11 is 0. The van der Waals surface area contributed by atoms with Gasteiger partial charge < -0.3 is 15.0 Å². The minimum Gasteiger partial charge on any atom is -0.466 e. The van der Waals surface area contributed by atoms with E-state index in [0.717, 1.165) is 51.4 Å². The maximum absolute atomic E-state index is 11.8. The van der Waals surface area contributed by atoms with Gasteiger partial charge in [0.25, 0.3) is 0 Å². The third-order valence-electron chi connectivity index (χ3n) is 4.35. The Morgan fingerprint density at radius 1 is 1.20 bits per heavy atom. The molecule has 0 unspecified atom stereocenters. The monoisotopic (exact) mass is 467 g/mol. The van der Waals surface area contributed by atoms with E-state index >= 15 is 0 Å². The van der Waals surface area contributed by atoms with Crippen molar-refractivity contribution in [2.75, 3.05) is 32.8 Å². The summed E-state index contributed by atoms with van der Waals surface area (Å²) in [6.07, 6.45) is 5.30. The lowest BCUT2D eigenvalue weighted by atomic mass is 9.90. The number of ether oxygens (including phenoxy) is 1. The van der Waals surface area contributed by atoms with Crippen LogP contribution in [0.25, 0.3) is 0 Å². The van der Waals surface area contributed by atoms with E-state index in [-0.39, 0.29) is 35.9 Å². The molecule has 0 saturated carbocycles. The number of nitrogens with zero attached hydrogens (tertiary/aromatic N) is 2. The van der Waals surface area contributed by atoms with Gasteiger partial charge in [-0.15, -0.1) is 24.0 Å². The molecule has 0 atom stereocenters. The summed E-state index contributed by atoms with van der Waals surface area (Å²) in [6, 6.07) is 0. The van der Waals surface area contributed by atoms with Crippen LogP contribution in [-0.4, -0.2) is 49.6 Å². The third kappa shape index (κ3) is 10.3. The molecule has 0 radical (unpaired) electrons. The first-order valence-electron chi connectivity index (χ1n) is 9.57. The maximum Gasteiger partial charge on any atom is 0.309 e. The number of unbranched alkanes of at least 4 members (excludes halogenated alkanes) is 1. The van der Waals surface area contributed by atoms with E-state index in [1.165, 1.54) is 12.8 Å². The van der Waals surface area contributed by atoms with Crippen LogP contribution < -0.4 is 5.32 Å². The first-order valence-corrected chi connectivity index (χ1v) is 9.57. The Morgan fingerprint density at radius 3 is 2.36 bits per heavy atom. The van der Waals surface area contributed by atoms with Gasteiger partial charge in [-0.3, -0.25) is 9.79 Å². The number of aliphatic imine (C=N–C) groups is 1. The van der Waals surface area contributed by atoms with Gasteiger partial charge >= 0.3 is 5.97 Å². The van der Waals surface area contributed by atoms with Crippen molar-refractivity contribution in [1.82, 2.24) is 10.2 Å². The smallest absolute Gasteiger partial charge is 0.309 e. The number of guanidine groups is 1. The lowest BCUT2D eigenvalue weighted by molar-refractivity contribution is -0.149. The number of halogens is 1. The van der Waals surface area contributed by atoms with E-state index < -0.39 is 0 Å². The molecule has 1 heterocycles. The van der Waals surface area contributed by atoms with E-state index in [9.17, 15) is 4.79 Å². The fraction of sp³-hybridized carbons (Fsp3) is 0.895. The van der Waals surface area contributed by atoms with Gasteiger partial charge in [-0.05, 0) is 44.9 Å². The average Bonchev–Trinajstić information content (AvgIpc) is 2.53. The molecule has 0 bridgehead atoms. The fourth-order valence-corrected chi connectivity index (χ4v) is 2.97. The zero-order valence-corrected chi connectivity index (χ0v) is 19.1. The highest BCUT2D eigenvalue weighted by atomic mass is 127. The van der Waals surface area contributed by atoms with Crippen LogP contribution in [0.3, 0.4) is 0 Å². The Labute approximate surface area is 171 Å². The molecular weight excluding hydrogens is 429 g/mol. The molecular formula is C19H38IN3O2. The Balaban J connectivity index is 0.00000576. The highest BCUT2D eigenvalue weighted by molar-refractivity contribution is 14.0. The van der Waals surface area contributed by atoms with Crippen LogP contribution in [-0.2, 0) is 9.53 Å². The molecule has 1 saturated heterocycles. The highest BCUT2D eigenvalue weighted by Gasteiger charge is 2.27. The van der Waals surface area contributed by atoms with Crippen molar-refractivity contribution in [2.45, 2.75) is 66.7 Å². The van der Waals surface area contributed by atoms with Crippen LogP contribution in [0, 0.1) is 11.3 Å². The molecule has 25 heavy (non-hydrogen) atoms. The summed E-state index contributed by atoms with van der Waals surface area (Å²) < 4.78 is 5.14. The highest BCUT2D eigenvalue weighted by Crippen LogP contribution is 2.21. The predicted molar refractivity (Wildman–Crippen MR) is 116 cm³/mol. The van der Waals surface area contributed by atoms with Gasteiger partial charge in [0.1, 0.15) is 0 Å². The number of nitrogens with one attached hydrogen (secondary N) is 1. The number of rotatable bonds is 7. The van der Waals surface area contributed by atoms with E-state index in [1.807, 2.05) is 6.92 Å². The minimum atomic E-state index is -0.0405. The summed E-state index contributed by atoms with van der Waals surface area (Å²) in [4.78, 5) is 18.9.